The molecule has 0 amide bonds. The molecule has 0 radical (unpaired) electrons. The van der Waals surface area contributed by atoms with Crippen LogP contribution in [0.15, 0.2) is 0 Å². The maximum Gasteiger partial charge on any atom is 0.308 e. The normalized spacial score (nSPS) is 11.5. The van der Waals surface area contributed by atoms with E-state index in [0.717, 1.165) is 44.9 Å². The molecule has 4 nitrogen and oxygen atoms in total. The second kappa shape index (κ2) is 46.3. The summed E-state index contributed by atoms with van der Waals surface area (Å²) >= 11 is 0. The Morgan fingerprint density at radius 2 is 0.463 bits per heavy atom. The molecule has 0 aromatic carbocycles. The standard InChI is InChI=1S/C50H98O4/c1-4-7-10-12-14-16-18-20-22-24-26-28-30-32-34-36-38-40-43-45-48(51)53-50(47-42-9-6-3)54-49(52)46-44-41-39-37-35-33-31-29-27-25-23-21-19-17-15-13-11-8-5-2/h50H,4-47H2,1-3H3. The Hall–Kier alpha value is -1.06. The van der Waals surface area contributed by atoms with Gasteiger partial charge in [0.15, 0.2) is 0 Å². The van der Waals surface area contributed by atoms with E-state index in [4.69, 9.17) is 9.47 Å². The molecule has 322 valence electrons. The van der Waals surface area contributed by atoms with Gasteiger partial charge in [0.2, 0.25) is 6.29 Å². The second-order valence-electron chi connectivity index (χ2n) is 17.1. The van der Waals surface area contributed by atoms with Crippen LogP contribution in [0, 0.1) is 0 Å². The van der Waals surface area contributed by atoms with Crippen molar-refractivity contribution < 1.29 is 19.1 Å². The fourth-order valence-electron chi connectivity index (χ4n) is 7.81. The number of carbonyl (C=O) groups is 2. The molecule has 4 heteroatoms. The van der Waals surface area contributed by atoms with Crippen LogP contribution in [-0.2, 0) is 19.1 Å². The minimum Gasteiger partial charge on any atom is -0.425 e. The highest BCUT2D eigenvalue weighted by molar-refractivity contribution is 5.71. The molecule has 54 heavy (non-hydrogen) atoms. The van der Waals surface area contributed by atoms with Crippen LogP contribution >= 0.6 is 0 Å². The molecule has 0 unspecified atom stereocenters. The van der Waals surface area contributed by atoms with Crippen LogP contribution in [0.5, 0.6) is 0 Å². The summed E-state index contributed by atoms with van der Waals surface area (Å²) in [7, 11) is 0. The Morgan fingerprint density at radius 3 is 0.685 bits per heavy atom. The molecular formula is C50H98O4. The lowest BCUT2D eigenvalue weighted by Gasteiger charge is -2.18. The van der Waals surface area contributed by atoms with Crippen LogP contribution in [0.3, 0.4) is 0 Å². The second-order valence-corrected chi connectivity index (χ2v) is 17.1. The molecule has 0 atom stereocenters. The summed E-state index contributed by atoms with van der Waals surface area (Å²) in [5.74, 6) is -0.417. The lowest BCUT2D eigenvalue weighted by Crippen LogP contribution is -2.24. The minimum absolute atomic E-state index is 0.209. The van der Waals surface area contributed by atoms with Crippen molar-refractivity contribution in [1.29, 1.82) is 0 Å². The largest absolute Gasteiger partial charge is 0.425 e. The first-order chi connectivity index (χ1) is 26.6. The van der Waals surface area contributed by atoms with Gasteiger partial charge in [0.1, 0.15) is 0 Å². The smallest absolute Gasteiger partial charge is 0.308 e. The molecule has 0 spiro atoms. The molecule has 0 rings (SSSR count). The first kappa shape index (κ1) is 52.9. The number of esters is 2. The third kappa shape index (κ3) is 43.7. The molecule has 0 aliphatic carbocycles. The van der Waals surface area contributed by atoms with E-state index < -0.39 is 6.29 Å². The summed E-state index contributed by atoms with van der Waals surface area (Å²) in [6.45, 7) is 6.74. The van der Waals surface area contributed by atoms with Crippen LogP contribution in [0.1, 0.15) is 303 Å². The van der Waals surface area contributed by atoms with Gasteiger partial charge < -0.3 is 9.47 Å². The molecule has 0 aliphatic heterocycles. The first-order valence-electron chi connectivity index (χ1n) is 25.0. The topological polar surface area (TPSA) is 52.6 Å². The Balaban J connectivity index is 3.70. The minimum atomic E-state index is -0.711. The van der Waals surface area contributed by atoms with Crippen LogP contribution in [0.2, 0.25) is 0 Å². The molecule has 0 heterocycles. The quantitative estimate of drug-likeness (QED) is 0.0352. The van der Waals surface area contributed by atoms with Gasteiger partial charge in [0, 0.05) is 19.3 Å². The molecule has 0 fully saturated rings. The summed E-state index contributed by atoms with van der Waals surface area (Å²) in [6.07, 6.45) is 54.9. The van der Waals surface area contributed by atoms with Crippen molar-refractivity contribution >= 4 is 11.9 Å². The monoisotopic (exact) mass is 763 g/mol. The van der Waals surface area contributed by atoms with Gasteiger partial charge in [0.25, 0.3) is 0 Å². The van der Waals surface area contributed by atoms with Crippen molar-refractivity contribution in [1.82, 2.24) is 0 Å². The van der Waals surface area contributed by atoms with Crippen molar-refractivity contribution in [2.75, 3.05) is 0 Å². The third-order valence-electron chi connectivity index (χ3n) is 11.5. The fraction of sp³-hybridized carbons (Fsp3) is 0.960. The summed E-state index contributed by atoms with van der Waals surface area (Å²) in [6, 6.07) is 0. The summed E-state index contributed by atoms with van der Waals surface area (Å²) in [4.78, 5) is 25.2. The van der Waals surface area contributed by atoms with Gasteiger partial charge >= 0.3 is 11.9 Å². The Morgan fingerprint density at radius 1 is 0.278 bits per heavy atom. The molecular weight excluding hydrogens is 665 g/mol. The summed E-state index contributed by atoms with van der Waals surface area (Å²) < 4.78 is 11.3. The average molecular weight is 763 g/mol. The SMILES string of the molecule is CCCCCCCCCCCCCCCCCCCCCC(=O)OC(CCCCC)OC(=O)CCCCCCCCCCCCCCCCCCCCC. The number of ether oxygens (including phenoxy) is 2. The number of hydrogen-bond acceptors (Lipinski definition) is 4. The van der Waals surface area contributed by atoms with Gasteiger partial charge in [-0.1, -0.05) is 265 Å². The highest BCUT2D eigenvalue weighted by Crippen LogP contribution is 2.18. The van der Waals surface area contributed by atoms with Gasteiger partial charge in [-0.2, -0.15) is 0 Å². The van der Waals surface area contributed by atoms with Gasteiger partial charge in [-0.25, -0.2) is 0 Å². The van der Waals surface area contributed by atoms with Crippen molar-refractivity contribution in [2.24, 2.45) is 0 Å². The predicted molar refractivity (Wildman–Crippen MR) is 236 cm³/mol. The van der Waals surface area contributed by atoms with Crippen molar-refractivity contribution in [3.63, 3.8) is 0 Å². The number of unbranched alkanes of at least 4 members (excludes halogenated alkanes) is 38. The molecule has 0 saturated heterocycles. The zero-order valence-corrected chi connectivity index (χ0v) is 37.3. The van der Waals surface area contributed by atoms with E-state index in [9.17, 15) is 9.59 Å². The fourth-order valence-corrected chi connectivity index (χ4v) is 7.81. The Labute approximate surface area is 339 Å². The molecule has 0 aromatic rings. The van der Waals surface area contributed by atoms with E-state index >= 15 is 0 Å². The lowest BCUT2D eigenvalue weighted by atomic mass is 10.0. The van der Waals surface area contributed by atoms with Gasteiger partial charge in [-0.05, 0) is 19.3 Å². The van der Waals surface area contributed by atoms with E-state index in [1.165, 1.54) is 218 Å². The van der Waals surface area contributed by atoms with Crippen molar-refractivity contribution in [2.45, 2.75) is 310 Å². The molecule has 0 aromatic heterocycles. The highest BCUT2D eigenvalue weighted by Gasteiger charge is 2.18. The number of carbonyl (C=O) groups excluding carboxylic acids is 2. The highest BCUT2D eigenvalue weighted by atomic mass is 16.7. The van der Waals surface area contributed by atoms with Gasteiger partial charge in [-0.15, -0.1) is 0 Å². The Bertz CT molecular complexity index is 680. The van der Waals surface area contributed by atoms with E-state index in [-0.39, 0.29) is 11.9 Å². The summed E-state index contributed by atoms with van der Waals surface area (Å²) in [5.41, 5.74) is 0. The van der Waals surface area contributed by atoms with Crippen LogP contribution < -0.4 is 0 Å². The van der Waals surface area contributed by atoms with E-state index in [0.29, 0.717) is 19.3 Å². The number of hydrogen-bond donors (Lipinski definition) is 0. The van der Waals surface area contributed by atoms with Crippen LogP contribution in [0.4, 0.5) is 0 Å². The zero-order chi connectivity index (χ0) is 39.3. The molecule has 0 N–H and O–H groups in total. The molecule has 0 aliphatic rings. The average Bonchev–Trinajstić information content (AvgIpc) is 3.16. The van der Waals surface area contributed by atoms with Crippen molar-refractivity contribution in [3.05, 3.63) is 0 Å². The number of rotatable bonds is 46. The van der Waals surface area contributed by atoms with E-state index in [1.807, 2.05) is 0 Å². The molecule has 0 saturated carbocycles. The van der Waals surface area contributed by atoms with Crippen molar-refractivity contribution in [3.8, 4) is 0 Å². The third-order valence-corrected chi connectivity index (χ3v) is 11.5. The molecule has 0 bridgehead atoms. The Kier molecular flexibility index (Phi) is 45.4. The van der Waals surface area contributed by atoms with Crippen LogP contribution in [0.25, 0.3) is 0 Å². The first-order valence-corrected chi connectivity index (χ1v) is 25.0. The maximum absolute atomic E-state index is 12.6. The summed E-state index contributed by atoms with van der Waals surface area (Å²) in [5, 5.41) is 0. The maximum atomic E-state index is 12.6. The predicted octanol–water partition coefficient (Wildman–Crippen LogP) is 17.6. The lowest BCUT2D eigenvalue weighted by molar-refractivity contribution is -0.189. The van der Waals surface area contributed by atoms with E-state index in [1.54, 1.807) is 0 Å². The van der Waals surface area contributed by atoms with E-state index in [2.05, 4.69) is 20.8 Å². The van der Waals surface area contributed by atoms with Crippen LogP contribution in [-0.4, -0.2) is 18.2 Å². The van der Waals surface area contributed by atoms with Gasteiger partial charge in [0.05, 0.1) is 0 Å². The zero-order valence-electron chi connectivity index (χ0n) is 37.3. The van der Waals surface area contributed by atoms with Gasteiger partial charge in [-0.3, -0.25) is 9.59 Å².